The van der Waals surface area contributed by atoms with Crippen LogP contribution in [0.25, 0.3) is 0 Å². The maximum absolute atomic E-state index is 11.5. The van der Waals surface area contributed by atoms with Crippen LogP contribution in [0.5, 0.6) is 0 Å². The Balaban J connectivity index is 3.84. The van der Waals surface area contributed by atoms with Crippen LogP contribution in [0.15, 0.2) is 0 Å². The van der Waals surface area contributed by atoms with E-state index in [9.17, 15) is 14.4 Å². The molecule has 1 atom stereocenters. The summed E-state index contributed by atoms with van der Waals surface area (Å²) >= 11 is 1.17. The Morgan fingerprint density at radius 1 is 1.25 bits per heavy atom. The van der Waals surface area contributed by atoms with Crippen molar-refractivity contribution in [1.82, 2.24) is 10.6 Å². The van der Waals surface area contributed by atoms with E-state index in [0.717, 1.165) is 0 Å². The van der Waals surface area contributed by atoms with Crippen molar-refractivity contribution in [2.75, 3.05) is 12.3 Å². The maximum Gasteiger partial charge on any atom is 0.242 e. The topological polar surface area (TPSA) is 75.3 Å². The first-order valence-corrected chi connectivity index (χ1v) is 6.14. The predicted molar refractivity (Wildman–Crippen MR) is 64.0 cm³/mol. The van der Waals surface area contributed by atoms with Gasteiger partial charge in [0.15, 0.2) is 5.12 Å². The minimum atomic E-state index is -0.486. The van der Waals surface area contributed by atoms with Crippen molar-refractivity contribution in [3.63, 3.8) is 0 Å². The summed E-state index contributed by atoms with van der Waals surface area (Å²) in [7, 11) is 0. The molecule has 0 heterocycles. The van der Waals surface area contributed by atoms with Gasteiger partial charge >= 0.3 is 0 Å². The minimum Gasteiger partial charge on any atom is -0.353 e. The molecular weight excluding hydrogens is 228 g/mol. The highest BCUT2D eigenvalue weighted by molar-refractivity contribution is 8.13. The van der Waals surface area contributed by atoms with Gasteiger partial charge in [-0.1, -0.05) is 18.7 Å². The molecule has 0 spiro atoms. The highest BCUT2D eigenvalue weighted by Gasteiger charge is 2.16. The zero-order valence-corrected chi connectivity index (χ0v) is 10.6. The molecule has 6 heteroatoms. The lowest BCUT2D eigenvalue weighted by Crippen LogP contribution is -2.46. The predicted octanol–water partition coefficient (Wildman–Crippen LogP) is 0.297. The largest absolute Gasteiger partial charge is 0.353 e. The van der Waals surface area contributed by atoms with Crippen LogP contribution < -0.4 is 10.6 Å². The van der Waals surface area contributed by atoms with Gasteiger partial charge in [-0.05, 0) is 6.42 Å². The van der Waals surface area contributed by atoms with Crippen molar-refractivity contribution in [3.05, 3.63) is 0 Å². The van der Waals surface area contributed by atoms with Crippen molar-refractivity contribution in [2.45, 2.75) is 33.2 Å². The molecule has 0 saturated heterocycles. The third kappa shape index (κ3) is 7.28. The lowest BCUT2D eigenvalue weighted by atomic mass is 10.2. The Hall–Kier alpha value is -1.04. The van der Waals surface area contributed by atoms with E-state index >= 15 is 0 Å². The number of nitrogens with one attached hydrogen (secondary N) is 2. The summed E-state index contributed by atoms with van der Waals surface area (Å²) in [6.07, 6.45) is 0.547. The Morgan fingerprint density at radius 2 is 1.88 bits per heavy atom. The molecule has 5 nitrogen and oxygen atoms in total. The van der Waals surface area contributed by atoms with Crippen molar-refractivity contribution >= 4 is 28.7 Å². The normalized spacial score (nSPS) is 11.7. The molecule has 16 heavy (non-hydrogen) atoms. The number of thioether (sulfide) groups is 1. The van der Waals surface area contributed by atoms with Crippen LogP contribution in [-0.2, 0) is 14.4 Å². The van der Waals surface area contributed by atoms with Gasteiger partial charge in [-0.25, -0.2) is 0 Å². The molecule has 0 aliphatic carbocycles. The standard InChI is InChI=1S/C10H18N2O3S/c1-4-9(12-7(2)13)10(15)11-5-6-16-8(3)14/h9H,4-6H2,1-3H3,(H,11,15)(H,12,13)/t9-/m0/s1. The highest BCUT2D eigenvalue weighted by Crippen LogP contribution is 1.98. The molecule has 0 aliphatic rings. The van der Waals surface area contributed by atoms with E-state index in [1.54, 1.807) is 0 Å². The average Bonchev–Trinajstić information content (AvgIpc) is 2.20. The quantitative estimate of drug-likeness (QED) is 0.661. The first kappa shape index (κ1) is 15.0. The van der Waals surface area contributed by atoms with Gasteiger partial charge < -0.3 is 10.6 Å². The second-order valence-electron chi connectivity index (χ2n) is 3.29. The molecule has 0 fully saturated rings. The molecule has 2 amide bonds. The summed E-state index contributed by atoms with van der Waals surface area (Å²) in [5, 5.41) is 5.25. The number of hydrogen-bond donors (Lipinski definition) is 2. The second-order valence-corrected chi connectivity index (χ2v) is 4.56. The van der Waals surface area contributed by atoms with Crippen LogP contribution in [0.1, 0.15) is 27.2 Å². The summed E-state index contributed by atoms with van der Waals surface area (Å²) in [6.45, 7) is 5.11. The lowest BCUT2D eigenvalue weighted by Gasteiger charge is -2.15. The van der Waals surface area contributed by atoms with Gasteiger partial charge in [-0.15, -0.1) is 0 Å². The lowest BCUT2D eigenvalue weighted by molar-refractivity contribution is -0.128. The average molecular weight is 246 g/mol. The summed E-state index contributed by atoms with van der Waals surface area (Å²) in [6, 6.07) is -0.486. The Kier molecular flexibility index (Phi) is 7.62. The van der Waals surface area contributed by atoms with Crippen LogP contribution in [-0.4, -0.2) is 35.3 Å². The summed E-state index contributed by atoms with van der Waals surface area (Å²) < 4.78 is 0. The molecule has 0 aliphatic heterocycles. The van der Waals surface area contributed by atoms with Crippen LogP contribution >= 0.6 is 11.8 Å². The zero-order chi connectivity index (χ0) is 12.6. The summed E-state index contributed by atoms with van der Waals surface area (Å²) in [5.74, 6) is 0.124. The zero-order valence-electron chi connectivity index (χ0n) is 9.83. The molecule has 0 rings (SSSR count). The molecule has 0 radical (unpaired) electrons. The van der Waals surface area contributed by atoms with Gasteiger partial charge in [0.25, 0.3) is 0 Å². The molecule has 0 aromatic carbocycles. The van der Waals surface area contributed by atoms with Crippen LogP contribution in [0, 0.1) is 0 Å². The molecule has 0 saturated carbocycles. The van der Waals surface area contributed by atoms with Crippen LogP contribution in [0.3, 0.4) is 0 Å². The van der Waals surface area contributed by atoms with E-state index in [-0.39, 0.29) is 16.9 Å². The summed E-state index contributed by atoms with van der Waals surface area (Å²) in [5.41, 5.74) is 0. The second kappa shape index (κ2) is 8.15. The first-order chi connectivity index (χ1) is 7.47. The number of rotatable bonds is 6. The smallest absolute Gasteiger partial charge is 0.242 e. The minimum absolute atomic E-state index is 0.0307. The van der Waals surface area contributed by atoms with E-state index in [1.807, 2.05) is 6.92 Å². The van der Waals surface area contributed by atoms with Crippen LogP contribution in [0.4, 0.5) is 0 Å². The number of amides is 2. The van der Waals surface area contributed by atoms with Crippen molar-refractivity contribution in [3.8, 4) is 0 Å². The summed E-state index contributed by atoms with van der Waals surface area (Å²) in [4.78, 5) is 32.9. The van der Waals surface area contributed by atoms with Gasteiger partial charge in [-0.3, -0.25) is 14.4 Å². The molecule has 0 unspecified atom stereocenters. The van der Waals surface area contributed by atoms with Gasteiger partial charge in [0.05, 0.1) is 0 Å². The SMILES string of the molecule is CC[C@H](NC(C)=O)C(=O)NCCSC(C)=O. The highest BCUT2D eigenvalue weighted by atomic mass is 32.2. The monoisotopic (exact) mass is 246 g/mol. The third-order valence-corrected chi connectivity index (χ3v) is 2.62. The van der Waals surface area contributed by atoms with E-state index in [1.165, 1.54) is 25.6 Å². The third-order valence-electron chi connectivity index (χ3n) is 1.81. The van der Waals surface area contributed by atoms with E-state index in [2.05, 4.69) is 10.6 Å². The number of hydrogen-bond acceptors (Lipinski definition) is 4. The number of carbonyl (C=O) groups is 3. The molecule has 0 aromatic rings. The molecule has 0 bridgehead atoms. The van der Waals surface area contributed by atoms with Crippen molar-refractivity contribution in [1.29, 1.82) is 0 Å². The molecule has 92 valence electrons. The Bertz CT molecular complexity index is 269. The van der Waals surface area contributed by atoms with E-state index in [4.69, 9.17) is 0 Å². The number of carbonyl (C=O) groups excluding carboxylic acids is 3. The fourth-order valence-electron chi connectivity index (χ4n) is 1.09. The Labute approximate surface area is 99.7 Å². The van der Waals surface area contributed by atoms with Crippen molar-refractivity contribution < 1.29 is 14.4 Å². The molecular formula is C10H18N2O3S. The fraction of sp³-hybridized carbons (Fsp3) is 0.700. The van der Waals surface area contributed by atoms with Gasteiger partial charge in [0, 0.05) is 26.1 Å². The van der Waals surface area contributed by atoms with E-state index in [0.29, 0.717) is 18.7 Å². The van der Waals surface area contributed by atoms with Gasteiger partial charge in [-0.2, -0.15) is 0 Å². The molecule has 2 N–H and O–H groups in total. The molecule has 0 aromatic heterocycles. The first-order valence-electron chi connectivity index (χ1n) is 5.15. The Morgan fingerprint density at radius 3 is 2.31 bits per heavy atom. The van der Waals surface area contributed by atoms with Gasteiger partial charge in [0.1, 0.15) is 6.04 Å². The van der Waals surface area contributed by atoms with E-state index < -0.39 is 6.04 Å². The van der Waals surface area contributed by atoms with Crippen LogP contribution in [0.2, 0.25) is 0 Å². The van der Waals surface area contributed by atoms with Crippen molar-refractivity contribution in [2.24, 2.45) is 0 Å². The van der Waals surface area contributed by atoms with Gasteiger partial charge in [0.2, 0.25) is 11.8 Å². The maximum atomic E-state index is 11.5. The fourth-order valence-corrected chi connectivity index (χ4v) is 1.58.